The quantitative estimate of drug-likeness (QED) is 0.616. The maximum atomic E-state index is 3.81. The van der Waals surface area contributed by atoms with Crippen molar-refractivity contribution in [1.29, 1.82) is 0 Å². The highest BCUT2D eigenvalue weighted by atomic mass is 28.2. The zero-order chi connectivity index (χ0) is 9.26. The van der Waals surface area contributed by atoms with E-state index < -0.39 is 0 Å². The van der Waals surface area contributed by atoms with Crippen LogP contribution in [0.25, 0.3) is 18.2 Å². The Bertz CT molecular complexity index is 400. The van der Waals surface area contributed by atoms with Gasteiger partial charge in [-0.2, -0.15) is 0 Å². The highest BCUT2D eigenvalue weighted by Crippen LogP contribution is 2.16. The molecule has 0 aliphatic carbocycles. The van der Waals surface area contributed by atoms with Gasteiger partial charge in [-0.15, -0.1) is 0 Å². The zero-order valence-corrected chi connectivity index (χ0v) is 8.38. The van der Waals surface area contributed by atoms with Gasteiger partial charge in [0.1, 0.15) is 9.52 Å². The molecule has 0 spiro atoms. The van der Waals surface area contributed by atoms with Crippen molar-refractivity contribution in [3.8, 4) is 0 Å². The zero-order valence-electron chi connectivity index (χ0n) is 7.38. The first-order valence-electron chi connectivity index (χ1n) is 4.22. The molecular formula is C12H10Si. The molecule has 0 saturated heterocycles. The predicted octanol–water partition coefficient (Wildman–Crippen LogP) is 2.29. The van der Waals surface area contributed by atoms with Crippen LogP contribution < -0.4 is 5.19 Å². The van der Waals surface area contributed by atoms with Crippen LogP contribution in [0.3, 0.4) is 0 Å². The summed E-state index contributed by atoms with van der Waals surface area (Å²) in [5, 5.41) is 1.41. The third-order valence-electron chi connectivity index (χ3n) is 2.23. The van der Waals surface area contributed by atoms with Crippen LogP contribution in [0, 0.1) is 0 Å². The normalized spacial score (nSPS) is 12.6. The minimum absolute atomic E-state index is 0.785. The van der Waals surface area contributed by atoms with Gasteiger partial charge in [-0.3, -0.25) is 0 Å². The predicted molar refractivity (Wildman–Crippen MR) is 61.0 cm³/mol. The molecule has 0 unspecified atom stereocenters. The molecule has 2 rings (SSSR count). The van der Waals surface area contributed by atoms with Crippen molar-refractivity contribution in [1.82, 2.24) is 0 Å². The maximum absolute atomic E-state index is 3.81. The third-order valence-corrected chi connectivity index (χ3v) is 3.41. The summed E-state index contributed by atoms with van der Waals surface area (Å²) < 4.78 is 0. The first kappa shape index (κ1) is 8.26. The van der Waals surface area contributed by atoms with E-state index in [0.717, 1.165) is 9.52 Å². The van der Waals surface area contributed by atoms with E-state index in [1.165, 1.54) is 21.9 Å². The van der Waals surface area contributed by atoms with E-state index in [-0.39, 0.29) is 0 Å². The maximum Gasteiger partial charge on any atom is 0.113 e. The van der Waals surface area contributed by atoms with E-state index in [9.17, 15) is 0 Å². The fourth-order valence-electron chi connectivity index (χ4n) is 1.55. The van der Waals surface area contributed by atoms with Gasteiger partial charge < -0.3 is 0 Å². The first-order valence-corrected chi connectivity index (χ1v) is 5.29. The molecule has 1 heteroatoms. The summed E-state index contributed by atoms with van der Waals surface area (Å²) >= 11 is 0. The van der Waals surface area contributed by atoms with Crippen molar-refractivity contribution in [3.05, 3.63) is 47.7 Å². The number of rotatable bonds is 2. The monoisotopic (exact) mass is 182 g/mol. The fraction of sp³-hybridized carbons (Fsp3) is 0. The van der Waals surface area contributed by atoms with Crippen molar-refractivity contribution in [3.63, 3.8) is 0 Å². The van der Waals surface area contributed by atoms with E-state index >= 15 is 0 Å². The molecule has 1 aromatic carbocycles. The van der Waals surface area contributed by atoms with Crippen molar-refractivity contribution < 1.29 is 0 Å². The Kier molecular flexibility index (Phi) is 2.03. The first-order chi connectivity index (χ1) is 6.36. The van der Waals surface area contributed by atoms with Crippen LogP contribution in [0.4, 0.5) is 0 Å². The number of hydrogen-bond acceptors (Lipinski definition) is 0. The summed E-state index contributed by atoms with van der Waals surface area (Å²) in [7, 11) is 0.785. The minimum Gasteiger partial charge on any atom is -0.0985 e. The number of benzene rings is 1. The van der Waals surface area contributed by atoms with Crippen LogP contribution in [0.1, 0.15) is 16.7 Å². The van der Waals surface area contributed by atoms with E-state index in [1.54, 1.807) is 0 Å². The molecule has 0 fully saturated rings. The number of fused-ring (bicyclic) bond motifs is 1. The Morgan fingerprint density at radius 1 is 1.08 bits per heavy atom. The average molecular weight is 182 g/mol. The van der Waals surface area contributed by atoms with Crippen LogP contribution >= 0.6 is 0 Å². The van der Waals surface area contributed by atoms with Crippen LogP contribution in [-0.4, -0.2) is 9.52 Å². The van der Waals surface area contributed by atoms with E-state index in [4.69, 9.17) is 0 Å². The van der Waals surface area contributed by atoms with Gasteiger partial charge in [0, 0.05) is 0 Å². The smallest absolute Gasteiger partial charge is 0.0985 e. The second kappa shape index (κ2) is 3.19. The van der Waals surface area contributed by atoms with E-state index in [2.05, 4.69) is 37.1 Å². The molecule has 13 heavy (non-hydrogen) atoms. The highest BCUT2D eigenvalue weighted by Gasteiger charge is 2.11. The lowest BCUT2D eigenvalue weighted by molar-refractivity contribution is 1.64. The van der Waals surface area contributed by atoms with Gasteiger partial charge in [0.2, 0.25) is 0 Å². The molecular weight excluding hydrogens is 172 g/mol. The SMILES string of the molecule is C=Cc1ccc(C=C)c2c1C=C[Si]2. The van der Waals surface area contributed by atoms with Gasteiger partial charge >= 0.3 is 0 Å². The van der Waals surface area contributed by atoms with Crippen LogP contribution in [0.5, 0.6) is 0 Å². The third kappa shape index (κ3) is 1.21. The van der Waals surface area contributed by atoms with Gasteiger partial charge in [0.25, 0.3) is 0 Å². The average Bonchev–Trinajstić information content (AvgIpc) is 2.64. The summed E-state index contributed by atoms with van der Waals surface area (Å²) in [6.45, 7) is 7.62. The molecule has 0 N–H and O–H groups in total. The molecule has 0 bridgehead atoms. The molecule has 0 amide bonds. The standard InChI is InChI=1S/C12H10Si/c1-3-9-5-6-10(4-2)12-11(9)7-8-13-12/h3-8H,1-2H2. The number of hydrogen-bond donors (Lipinski definition) is 0. The van der Waals surface area contributed by atoms with Gasteiger partial charge in [-0.05, 0) is 21.9 Å². The van der Waals surface area contributed by atoms with Crippen LogP contribution in [0.15, 0.2) is 31.0 Å². The largest absolute Gasteiger partial charge is 0.113 e. The lowest BCUT2D eigenvalue weighted by atomic mass is 10.0. The van der Waals surface area contributed by atoms with Crippen molar-refractivity contribution in [2.45, 2.75) is 0 Å². The van der Waals surface area contributed by atoms with Crippen molar-refractivity contribution in [2.24, 2.45) is 0 Å². The van der Waals surface area contributed by atoms with Gasteiger partial charge in [0.05, 0.1) is 0 Å². The highest BCUT2D eigenvalue weighted by molar-refractivity contribution is 6.63. The Morgan fingerprint density at radius 2 is 1.77 bits per heavy atom. The Hall–Kier alpha value is -1.34. The van der Waals surface area contributed by atoms with E-state index in [1.807, 2.05) is 12.2 Å². The second-order valence-electron chi connectivity index (χ2n) is 2.92. The van der Waals surface area contributed by atoms with Crippen molar-refractivity contribution in [2.75, 3.05) is 0 Å². The molecule has 0 aromatic heterocycles. The lowest BCUT2D eigenvalue weighted by Crippen LogP contribution is -2.16. The van der Waals surface area contributed by atoms with Crippen LogP contribution in [0.2, 0.25) is 0 Å². The van der Waals surface area contributed by atoms with Crippen molar-refractivity contribution >= 4 is 32.9 Å². The Morgan fingerprint density at radius 3 is 2.46 bits per heavy atom. The fourth-order valence-corrected chi connectivity index (χ4v) is 2.70. The summed E-state index contributed by atoms with van der Waals surface area (Å²) in [4.78, 5) is 0. The van der Waals surface area contributed by atoms with E-state index in [0.29, 0.717) is 0 Å². The lowest BCUT2D eigenvalue weighted by Gasteiger charge is -2.06. The molecule has 1 aromatic rings. The molecule has 1 heterocycles. The molecule has 2 radical (unpaired) electrons. The Balaban J connectivity index is 2.69. The molecule has 62 valence electrons. The minimum atomic E-state index is 0.785. The second-order valence-corrected chi connectivity index (χ2v) is 4.04. The van der Waals surface area contributed by atoms with Crippen LogP contribution in [-0.2, 0) is 0 Å². The van der Waals surface area contributed by atoms with Gasteiger partial charge in [-0.25, -0.2) is 0 Å². The molecule has 1 aliphatic heterocycles. The molecule has 0 nitrogen and oxygen atoms in total. The summed E-state index contributed by atoms with van der Waals surface area (Å²) in [6.07, 6.45) is 6.01. The summed E-state index contributed by atoms with van der Waals surface area (Å²) in [6, 6.07) is 4.21. The summed E-state index contributed by atoms with van der Waals surface area (Å²) in [5.41, 5.74) is 6.02. The molecule has 1 aliphatic rings. The molecule has 0 atom stereocenters. The van der Waals surface area contributed by atoms with Gasteiger partial charge in [0.15, 0.2) is 0 Å². The summed E-state index contributed by atoms with van der Waals surface area (Å²) in [5.74, 6) is 0. The Labute approximate surface area is 81.1 Å². The van der Waals surface area contributed by atoms with Gasteiger partial charge in [-0.1, -0.05) is 49.2 Å². The topological polar surface area (TPSA) is 0 Å². The molecule has 0 saturated carbocycles.